The van der Waals surface area contributed by atoms with Crippen molar-refractivity contribution in [2.75, 3.05) is 18.0 Å². The molecule has 7 heteroatoms. The number of aryl methyl sites for hydroxylation is 1. The van der Waals surface area contributed by atoms with E-state index in [4.69, 9.17) is 0 Å². The highest BCUT2D eigenvalue weighted by molar-refractivity contribution is 5.74. The van der Waals surface area contributed by atoms with E-state index in [2.05, 4.69) is 19.9 Å². The number of hydrogen-bond donors (Lipinski definition) is 1. The standard InChI is InChI=1S/C20H19N5O2/c1-13-23-18(17-4-2-3-7-22-17)10-19(24-13)25-11-15(16(12-25)20(26)27)14-5-8-21-9-6-14/h2-10,15-16H,11-12H2,1H3,(H,26,27)/t15-,16+/m1/s1. The van der Waals surface area contributed by atoms with Crippen molar-refractivity contribution in [2.24, 2.45) is 5.92 Å². The first-order valence-corrected chi connectivity index (χ1v) is 8.76. The lowest BCUT2D eigenvalue weighted by Crippen LogP contribution is -2.24. The molecule has 3 aromatic rings. The number of pyridine rings is 2. The molecule has 1 aliphatic rings. The number of aromatic nitrogens is 4. The van der Waals surface area contributed by atoms with Crippen LogP contribution < -0.4 is 4.90 Å². The molecule has 1 saturated heterocycles. The Bertz CT molecular complexity index is 949. The molecule has 0 radical (unpaired) electrons. The van der Waals surface area contributed by atoms with Gasteiger partial charge < -0.3 is 10.0 Å². The van der Waals surface area contributed by atoms with E-state index in [0.717, 1.165) is 22.8 Å². The smallest absolute Gasteiger partial charge is 0.308 e. The van der Waals surface area contributed by atoms with Gasteiger partial charge in [0.2, 0.25) is 0 Å². The third-order valence-electron chi connectivity index (χ3n) is 4.85. The zero-order valence-electron chi connectivity index (χ0n) is 14.9. The molecule has 1 fully saturated rings. The molecule has 4 heterocycles. The van der Waals surface area contributed by atoms with E-state index in [9.17, 15) is 9.90 Å². The van der Waals surface area contributed by atoms with Gasteiger partial charge in [0, 0.05) is 43.7 Å². The summed E-state index contributed by atoms with van der Waals surface area (Å²) < 4.78 is 0. The molecule has 0 spiro atoms. The van der Waals surface area contributed by atoms with Crippen molar-refractivity contribution < 1.29 is 9.90 Å². The van der Waals surface area contributed by atoms with Gasteiger partial charge in [-0.15, -0.1) is 0 Å². The average molecular weight is 361 g/mol. The monoisotopic (exact) mass is 361 g/mol. The van der Waals surface area contributed by atoms with Crippen LogP contribution in [0.4, 0.5) is 5.82 Å². The number of rotatable bonds is 4. The maximum absolute atomic E-state index is 11.8. The molecule has 3 aromatic heterocycles. The Balaban J connectivity index is 1.68. The van der Waals surface area contributed by atoms with Crippen LogP contribution in [-0.4, -0.2) is 44.1 Å². The first-order valence-electron chi connectivity index (χ1n) is 8.76. The van der Waals surface area contributed by atoms with E-state index in [1.165, 1.54) is 0 Å². The molecule has 136 valence electrons. The molecule has 7 nitrogen and oxygen atoms in total. The van der Waals surface area contributed by atoms with Crippen LogP contribution in [0.3, 0.4) is 0 Å². The van der Waals surface area contributed by atoms with Gasteiger partial charge >= 0.3 is 5.97 Å². The third kappa shape index (κ3) is 3.48. The Morgan fingerprint density at radius 1 is 1.07 bits per heavy atom. The van der Waals surface area contributed by atoms with Crippen molar-refractivity contribution in [1.82, 2.24) is 19.9 Å². The van der Waals surface area contributed by atoms with Crippen LogP contribution in [0.2, 0.25) is 0 Å². The Labute approximate surface area is 156 Å². The highest BCUT2D eigenvalue weighted by Gasteiger charge is 2.39. The highest BCUT2D eigenvalue weighted by Crippen LogP contribution is 2.35. The summed E-state index contributed by atoms with van der Waals surface area (Å²) in [5, 5.41) is 9.71. The topological polar surface area (TPSA) is 92.1 Å². The summed E-state index contributed by atoms with van der Waals surface area (Å²) in [7, 11) is 0. The second-order valence-electron chi connectivity index (χ2n) is 6.61. The summed E-state index contributed by atoms with van der Waals surface area (Å²) in [6.07, 6.45) is 5.12. The predicted molar refractivity (Wildman–Crippen MR) is 100 cm³/mol. The summed E-state index contributed by atoms with van der Waals surface area (Å²) in [6, 6.07) is 11.3. The number of hydrogen-bond acceptors (Lipinski definition) is 6. The molecule has 0 aliphatic carbocycles. The summed E-state index contributed by atoms with van der Waals surface area (Å²) in [6.45, 7) is 2.82. The molecule has 0 unspecified atom stereocenters. The van der Waals surface area contributed by atoms with Gasteiger partial charge in [-0.2, -0.15) is 0 Å². The van der Waals surface area contributed by atoms with Crippen LogP contribution in [-0.2, 0) is 4.79 Å². The minimum absolute atomic E-state index is 0.112. The minimum Gasteiger partial charge on any atom is -0.481 e. The number of carboxylic acids is 1. The maximum atomic E-state index is 11.8. The van der Waals surface area contributed by atoms with Gasteiger partial charge in [-0.1, -0.05) is 6.07 Å². The zero-order valence-corrected chi connectivity index (χ0v) is 14.9. The second-order valence-corrected chi connectivity index (χ2v) is 6.61. The largest absolute Gasteiger partial charge is 0.481 e. The first kappa shape index (κ1) is 17.1. The van der Waals surface area contributed by atoms with Crippen LogP contribution in [0.15, 0.2) is 55.0 Å². The fourth-order valence-electron chi connectivity index (χ4n) is 3.55. The van der Waals surface area contributed by atoms with Crippen LogP contribution in [0, 0.1) is 12.8 Å². The Morgan fingerprint density at radius 3 is 2.59 bits per heavy atom. The highest BCUT2D eigenvalue weighted by atomic mass is 16.4. The molecular weight excluding hydrogens is 342 g/mol. The van der Waals surface area contributed by atoms with Gasteiger partial charge in [-0.05, 0) is 36.8 Å². The molecule has 0 saturated carbocycles. The van der Waals surface area contributed by atoms with E-state index in [1.807, 2.05) is 48.2 Å². The number of carbonyl (C=O) groups is 1. The lowest BCUT2D eigenvalue weighted by molar-refractivity contribution is -0.141. The lowest BCUT2D eigenvalue weighted by atomic mass is 9.90. The Hall–Kier alpha value is -3.35. The second kappa shape index (κ2) is 7.11. The third-order valence-corrected chi connectivity index (χ3v) is 4.85. The van der Waals surface area contributed by atoms with Crippen molar-refractivity contribution in [3.63, 3.8) is 0 Å². The van der Waals surface area contributed by atoms with Gasteiger partial charge in [0.1, 0.15) is 11.6 Å². The van der Waals surface area contributed by atoms with Gasteiger partial charge in [-0.25, -0.2) is 9.97 Å². The van der Waals surface area contributed by atoms with E-state index >= 15 is 0 Å². The predicted octanol–water partition coefficient (Wildman–Crippen LogP) is 2.55. The lowest BCUT2D eigenvalue weighted by Gasteiger charge is -2.18. The van der Waals surface area contributed by atoms with Crippen LogP contribution in [0.5, 0.6) is 0 Å². The Kier molecular flexibility index (Phi) is 4.50. The van der Waals surface area contributed by atoms with E-state index in [0.29, 0.717) is 18.9 Å². The number of anilines is 1. The Morgan fingerprint density at radius 2 is 1.89 bits per heavy atom. The molecule has 27 heavy (non-hydrogen) atoms. The van der Waals surface area contributed by atoms with Gasteiger partial charge in [-0.3, -0.25) is 14.8 Å². The molecule has 0 amide bonds. The van der Waals surface area contributed by atoms with Crippen molar-refractivity contribution in [2.45, 2.75) is 12.8 Å². The first-order chi connectivity index (χ1) is 13.1. The fourth-order valence-corrected chi connectivity index (χ4v) is 3.55. The van der Waals surface area contributed by atoms with E-state index < -0.39 is 11.9 Å². The minimum atomic E-state index is -0.796. The molecule has 4 rings (SSSR count). The maximum Gasteiger partial charge on any atom is 0.308 e. The quantitative estimate of drug-likeness (QED) is 0.763. The fraction of sp³-hybridized carbons (Fsp3) is 0.250. The van der Waals surface area contributed by atoms with E-state index in [-0.39, 0.29) is 5.92 Å². The molecule has 1 N–H and O–H groups in total. The molecule has 0 aromatic carbocycles. The molecule has 2 atom stereocenters. The van der Waals surface area contributed by atoms with E-state index in [1.54, 1.807) is 18.6 Å². The van der Waals surface area contributed by atoms with Crippen LogP contribution >= 0.6 is 0 Å². The average Bonchev–Trinajstić information content (AvgIpc) is 3.15. The van der Waals surface area contributed by atoms with Crippen molar-refractivity contribution in [3.05, 3.63) is 66.4 Å². The van der Waals surface area contributed by atoms with Crippen LogP contribution in [0.25, 0.3) is 11.4 Å². The molecular formula is C20H19N5O2. The van der Waals surface area contributed by atoms with Crippen molar-refractivity contribution in [3.8, 4) is 11.4 Å². The zero-order chi connectivity index (χ0) is 18.8. The molecule has 0 bridgehead atoms. The van der Waals surface area contributed by atoms with Crippen LogP contribution in [0.1, 0.15) is 17.3 Å². The van der Waals surface area contributed by atoms with Crippen molar-refractivity contribution >= 4 is 11.8 Å². The molecule has 1 aliphatic heterocycles. The number of carboxylic acid groups (broad SMARTS) is 1. The summed E-state index contributed by atoms with van der Waals surface area (Å²) in [5.41, 5.74) is 2.48. The van der Waals surface area contributed by atoms with Gasteiger partial charge in [0.25, 0.3) is 0 Å². The summed E-state index contributed by atoms with van der Waals surface area (Å²) in [4.78, 5) is 31.3. The number of nitrogens with zero attached hydrogens (tertiary/aromatic N) is 5. The van der Waals surface area contributed by atoms with Gasteiger partial charge in [0.15, 0.2) is 0 Å². The SMILES string of the molecule is Cc1nc(-c2ccccn2)cc(N2C[C@H](C(=O)O)[C@@H](c3ccncc3)C2)n1. The number of aliphatic carboxylic acids is 1. The summed E-state index contributed by atoms with van der Waals surface area (Å²) >= 11 is 0. The van der Waals surface area contributed by atoms with Gasteiger partial charge in [0.05, 0.1) is 17.3 Å². The normalized spacial score (nSPS) is 19.2. The van der Waals surface area contributed by atoms with Crippen molar-refractivity contribution in [1.29, 1.82) is 0 Å². The summed E-state index contributed by atoms with van der Waals surface area (Å²) in [5.74, 6) is -0.0477.